The molecule has 3 amide bonds. The Morgan fingerprint density at radius 3 is 2.56 bits per heavy atom. The van der Waals surface area contributed by atoms with E-state index in [1.54, 1.807) is 24.3 Å². The number of hydrogen-bond acceptors (Lipinski definition) is 4. The van der Waals surface area contributed by atoms with Gasteiger partial charge < -0.3 is 14.8 Å². The van der Waals surface area contributed by atoms with Crippen LogP contribution in [0.3, 0.4) is 0 Å². The number of rotatable bonds is 7. The van der Waals surface area contributed by atoms with E-state index in [4.69, 9.17) is 9.47 Å². The molecule has 0 saturated carbocycles. The van der Waals surface area contributed by atoms with Crippen molar-refractivity contribution < 1.29 is 23.5 Å². The highest BCUT2D eigenvalue weighted by Crippen LogP contribution is 2.35. The van der Waals surface area contributed by atoms with Gasteiger partial charge in [0.2, 0.25) is 0 Å². The number of amides is 3. The summed E-state index contributed by atoms with van der Waals surface area (Å²) in [5, 5.41) is 2.64. The van der Waals surface area contributed by atoms with Crippen molar-refractivity contribution in [2.24, 2.45) is 0 Å². The van der Waals surface area contributed by atoms with Crippen molar-refractivity contribution in [1.82, 2.24) is 10.2 Å². The minimum Gasteiger partial charge on any atom is -0.493 e. The third-order valence-corrected chi connectivity index (χ3v) is 6.38. The molecule has 34 heavy (non-hydrogen) atoms. The molecule has 0 unspecified atom stereocenters. The quantitative estimate of drug-likeness (QED) is 0.200. The predicted octanol–water partition coefficient (Wildman–Crippen LogP) is 5.87. The van der Waals surface area contributed by atoms with Crippen molar-refractivity contribution in [2.75, 3.05) is 7.11 Å². The van der Waals surface area contributed by atoms with Crippen LogP contribution >= 0.6 is 38.5 Å². The Kier molecular flexibility index (Phi) is 7.52. The van der Waals surface area contributed by atoms with E-state index in [0.29, 0.717) is 22.6 Å². The molecule has 4 rings (SSSR count). The Bertz CT molecular complexity index is 1280. The van der Waals surface area contributed by atoms with E-state index in [0.717, 1.165) is 18.5 Å². The molecule has 1 N–H and O–H groups in total. The summed E-state index contributed by atoms with van der Waals surface area (Å²) >= 11 is 5.48. The second-order valence-corrected chi connectivity index (χ2v) is 9.54. The zero-order valence-electron chi connectivity index (χ0n) is 18.0. The Morgan fingerprint density at radius 1 is 1.09 bits per heavy atom. The lowest BCUT2D eigenvalue weighted by atomic mass is 10.1. The molecule has 1 aliphatic rings. The molecule has 0 bridgehead atoms. The molecule has 1 aliphatic heterocycles. The zero-order valence-corrected chi connectivity index (χ0v) is 21.7. The lowest BCUT2D eigenvalue weighted by Gasteiger charge is -2.14. The van der Waals surface area contributed by atoms with E-state index >= 15 is 0 Å². The fraction of sp³-hybridized carbons (Fsp3) is 0.120. The number of carbonyl (C=O) groups is 2. The van der Waals surface area contributed by atoms with Crippen molar-refractivity contribution in [3.05, 3.63) is 96.9 Å². The van der Waals surface area contributed by atoms with Gasteiger partial charge in [0.25, 0.3) is 5.91 Å². The van der Waals surface area contributed by atoms with Crippen LogP contribution in [-0.4, -0.2) is 23.9 Å². The summed E-state index contributed by atoms with van der Waals surface area (Å²) in [4.78, 5) is 26.4. The van der Waals surface area contributed by atoms with E-state index < -0.39 is 11.9 Å². The van der Waals surface area contributed by atoms with Crippen LogP contribution in [0.2, 0.25) is 0 Å². The number of nitrogens with zero attached hydrogens (tertiary/aromatic N) is 1. The van der Waals surface area contributed by atoms with Gasteiger partial charge in [-0.05, 0) is 81.8 Å². The average molecular weight is 637 g/mol. The first kappa shape index (κ1) is 24.2. The molecule has 6 nitrogen and oxygen atoms in total. The molecule has 1 heterocycles. The smallest absolute Gasteiger partial charge is 0.329 e. The summed E-state index contributed by atoms with van der Waals surface area (Å²) in [6.45, 7) is 0.340. The van der Waals surface area contributed by atoms with Crippen molar-refractivity contribution in [3.8, 4) is 11.5 Å². The first-order chi connectivity index (χ1) is 16.3. The number of nitrogens with one attached hydrogen (secondary N) is 1. The van der Waals surface area contributed by atoms with Gasteiger partial charge in [0.1, 0.15) is 18.1 Å². The molecule has 9 heteroatoms. The summed E-state index contributed by atoms with van der Waals surface area (Å²) in [5.41, 5.74) is 2.36. The van der Waals surface area contributed by atoms with Crippen LogP contribution in [0.25, 0.3) is 6.08 Å². The SMILES string of the molecule is COc1cc(/C=C2/NC(=O)N(Cc3ccc(Br)cc3)C2=O)cc(I)c1OCc1cccc(F)c1. The first-order valence-electron chi connectivity index (χ1n) is 10.2. The number of imide groups is 1. The molecule has 0 aromatic heterocycles. The predicted molar refractivity (Wildman–Crippen MR) is 138 cm³/mol. The van der Waals surface area contributed by atoms with Crippen LogP contribution in [0.15, 0.2) is 70.8 Å². The van der Waals surface area contributed by atoms with Crippen LogP contribution in [-0.2, 0) is 17.9 Å². The maximum Gasteiger partial charge on any atom is 0.329 e. The van der Waals surface area contributed by atoms with Crippen molar-refractivity contribution >= 4 is 56.5 Å². The highest BCUT2D eigenvalue weighted by molar-refractivity contribution is 14.1. The zero-order chi connectivity index (χ0) is 24.2. The Labute approximate surface area is 218 Å². The summed E-state index contributed by atoms with van der Waals surface area (Å²) in [5.74, 6) is 0.224. The number of carbonyl (C=O) groups excluding carboxylic acids is 2. The molecule has 174 valence electrons. The summed E-state index contributed by atoms with van der Waals surface area (Å²) in [6.07, 6.45) is 1.60. The van der Waals surface area contributed by atoms with Crippen molar-refractivity contribution in [1.29, 1.82) is 0 Å². The van der Waals surface area contributed by atoms with Gasteiger partial charge in [0.15, 0.2) is 11.5 Å². The minimum atomic E-state index is -0.476. The van der Waals surface area contributed by atoms with Crippen LogP contribution in [0, 0.1) is 9.39 Å². The Morgan fingerprint density at radius 2 is 1.85 bits per heavy atom. The van der Waals surface area contributed by atoms with E-state index in [1.807, 2.05) is 30.3 Å². The van der Waals surface area contributed by atoms with Gasteiger partial charge in [-0.15, -0.1) is 0 Å². The van der Waals surface area contributed by atoms with Crippen molar-refractivity contribution in [2.45, 2.75) is 13.2 Å². The molecule has 0 radical (unpaired) electrons. The number of methoxy groups -OCH3 is 1. The summed E-state index contributed by atoms with van der Waals surface area (Å²) < 4.78 is 26.5. The van der Waals surface area contributed by atoms with Gasteiger partial charge in [-0.2, -0.15) is 0 Å². The number of urea groups is 1. The molecule has 0 atom stereocenters. The van der Waals surface area contributed by atoms with Gasteiger partial charge >= 0.3 is 6.03 Å². The maximum atomic E-state index is 13.4. The van der Waals surface area contributed by atoms with Crippen LogP contribution in [0.5, 0.6) is 11.5 Å². The van der Waals surface area contributed by atoms with Gasteiger partial charge in [0, 0.05) is 4.47 Å². The molecule has 1 fully saturated rings. The van der Waals surface area contributed by atoms with Gasteiger partial charge in [0.05, 0.1) is 17.2 Å². The van der Waals surface area contributed by atoms with Crippen molar-refractivity contribution in [3.63, 3.8) is 0 Å². The van der Waals surface area contributed by atoms with Gasteiger partial charge in [-0.1, -0.05) is 40.2 Å². The highest BCUT2D eigenvalue weighted by Gasteiger charge is 2.33. The second kappa shape index (κ2) is 10.6. The largest absolute Gasteiger partial charge is 0.493 e. The summed E-state index contributed by atoms with van der Waals surface area (Å²) in [7, 11) is 1.51. The monoisotopic (exact) mass is 636 g/mol. The fourth-order valence-corrected chi connectivity index (χ4v) is 4.45. The standard InChI is InChI=1S/C25H19BrFIN2O4/c1-33-22-12-17(10-20(28)23(22)34-14-16-3-2-4-19(27)9-16)11-21-24(31)30(25(32)29-21)13-15-5-7-18(26)8-6-15/h2-12H,13-14H2,1H3,(H,29,32)/b21-11+. The minimum absolute atomic E-state index is 0.170. The fourth-order valence-electron chi connectivity index (χ4n) is 3.40. The Balaban J connectivity index is 1.53. The van der Waals surface area contributed by atoms with Crippen LogP contribution < -0.4 is 14.8 Å². The van der Waals surface area contributed by atoms with Crippen LogP contribution in [0.4, 0.5) is 9.18 Å². The normalized spacial score (nSPS) is 14.5. The van der Waals surface area contributed by atoms with E-state index in [-0.39, 0.29) is 24.7 Å². The number of halogens is 3. The molecule has 0 spiro atoms. The number of ether oxygens (including phenoxy) is 2. The van der Waals surface area contributed by atoms with Gasteiger partial charge in [-0.25, -0.2) is 9.18 Å². The molecule has 3 aromatic carbocycles. The van der Waals surface area contributed by atoms with Gasteiger partial charge in [-0.3, -0.25) is 9.69 Å². The van der Waals surface area contributed by atoms with E-state index in [1.165, 1.54) is 19.2 Å². The molecular weight excluding hydrogens is 618 g/mol. The Hall–Kier alpha value is -2.92. The lowest BCUT2D eigenvalue weighted by molar-refractivity contribution is -0.123. The third kappa shape index (κ3) is 5.58. The molecular formula is C25H19BrFIN2O4. The number of hydrogen-bond donors (Lipinski definition) is 1. The first-order valence-corrected chi connectivity index (χ1v) is 12.0. The lowest BCUT2D eigenvalue weighted by Crippen LogP contribution is -2.30. The average Bonchev–Trinajstić information content (AvgIpc) is 3.06. The maximum absolute atomic E-state index is 13.4. The highest BCUT2D eigenvalue weighted by atomic mass is 127. The molecule has 3 aromatic rings. The number of benzene rings is 3. The molecule has 1 saturated heterocycles. The molecule has 0 aliphatic carbocycles. The van der Waals surface area contributed by atoms with E-state index in [9.17, 15) is 14.0 Å². The third-order valence-electron chi connectivity index (χ3n) is 5.05. The topological polar surface area (TPSA) is 67.9 Å². The second-order valence-electron chi connectivity index (χ2n) is 7.46. The van der Waals surface area contributed by atoms with Crippen LogP contribution in [0.1, 0.15) is 16.7 Å². The summed E-state index contributed by atoms with van der Waals surface area (Å²) in [6, 6.07) is 16.6. The van der Waals surface area contributed by atoms with E-state index in [2.05, 4.69) is 43.8 Å².